The number of rotatable bonds is 0. The Balaban J connectivity index is 3.62. The summed E-state index contributed by atoms with van der Waals surface area (Å²) in [6.45, 7) is 0.626. The highest BCUT2D eigenvalue weighted by molar-refractivity contribution is 5.15. The van der Waals surface area contributed by atoms with Crippen LogP contribution in [-0.4, -0.2) is 30.2 Å². The van der Waals surface area contributed by atoms with Crippen molar-refractivity contribution in [1.29, 1.82) is 0 Å². The van der Waals surface area contributed by atoms with Crippen molar-refractivity contribution in [3.8, 4) is 0 Å². The summed E-state index contributed by atoms with van der Waals surface area (Å²) in [6, 6.07) is 0. The zero-order valence-corrected chi connectivity index (χ0v) is 9.59. The quantitative estimate of drug-likeness (QED) is 0.609. The minimum atomic E-state index is -6.24. The van der Waals surface area contributed by atoms with Gasteiger partial charge in [-0.15, -0.1) is 0 Å². The molecule has 0 bridgehead atoms. The third-order valence-corrected chi connectivity index (χ3v) is 3.27. The Morgan fingerprint density at radius 3 is 1.42 bits per heavy atom. The smallest absolute Gasteiger partial charge is 0.354 e. The maximum atomic E-state index is 12.8. The first-order chi connectivity index (χ1) is 8.10. The third-order valence-electron chi connectivity index (χ3n) is 3.27. The highest BCUT2D eigenvalue weighted by Crippen LogP contribution is 2.66. The van der Waals surface area contributed by atoms with Gasteiger partial charge in [-0.25, -0.2) is 0 Å². The van der Waals surface area contributed by atoms with Gasteiger partial charge < -0.3 is 4.74 Å². The molecule has 0 radical (unpaired) electrons. The molecule has 1 saturated heterocycles. The molecular weight excluding hydrogens is 295 g/mol. The van der Waals surface area contributed by atoms with Gasteiger partial charge in [0.1, 0.15) is 5.41 Å². The molecule has 0 aromatic rings. The molecule has 0 spiro atoms. The molecule has 2 atom stereocenters. The Kier molecular flexibility index (Phi) is 3.38. The van der Waals surface area contributed by atoms with Crippen LogP contribution in [0.2, 0.25) is 0 Å². The Labute approximate surface area is 101 Å². The molecule has 2 unspecified atom stereocenters. The van der Waals surface area contributed by atoms with Crippen LogP contribution in [0, 0.1) is 5.41 Å². The summed E-state index contributed by atoms with van der Waals surface area (Å²) in [5, 5.41) is 0. The second kappa shape index (κ2) is 3.92. The van der Waals surface area contributed by atoms with Crippen LogP contribution in [0.25, 0.3) is 0 Å². The maximum absolute atomic E-state index is 12.8. The minimum absolute atomic E-state index is 0.114. The van der Waals surface area contributed by atoms with Crippen molar-refractivity contribution in [3.05, 3.63) is 0 Å². The average Bonchev–Trinajstić information content (AvgIpc) is 2.35. The Hall–Kier alpha value is -0.670. The summed E-state index contributed by atoms with van der Waals surface area (Å²) in [7, 11) is 0. The van der Waals surface area contributed by atoms with Gasteiger partial charge in [0.05, 0.1) is 6.10 Å². The highest BCUT2D eigenvalue weighted by atomic mass is 19.4. The molecule has 1 nitrogen and oxygen atoms in total. The Morgan fingerprint density at radius 1 is 0.842 bits per heavy atom. The van der Waals surface area contributed by atoms with Gasteiger partial charge in [0.2, 0.25) is 0 Å². The molecule has 114 valence electrons. The van der Waals surface area contributed by atoms with E-state index in [9.17, 15) is 39.5 Å². The molecule has 10 heteroatoms. The average molecular weight is 304 g/mol. The minimum Gasteiger partial charge on any atom is -0.354 e. The first-order valence-corrected chi connectivity index (χ1v) is 4.98. The number of halogens is 9. The fourth-order valence-electron chi connectivity index (χ4n) is 2.43. The van der Waals surface area contributed by atoms with Crippen LogP contribution >= 0.6 is 0 Å². The van der Waals surface area contributed by atoms with Gasteiger partial charge in [-0.05, 0) is 20.3 Å². The largest absolute Gasteiger partial charge is 0.427 e. The van der Waals surface area contributed by atoms with Gasteiger partial charge in [-0.1, -0.05) is 0 Å². The van der Waals surface area contributed by atoms with E-state index in [1.807, 2.05) is 0 Å². The lowest BCUT2D eigenvalue weighted by molar-refractivity contribution is -0.426. The summed E-state index contributed by atoms with van der Waals surface area (Å²) in [4.78, 5) is 0. The topological polar surface area (TPSA) is 9.23 Å². The van der Waals surface area contributed by atoms with Gasteiger partial charge in [-0.3, -0.25) is 0 Å². The van der Waals surface area contributed by atoms with Crippen LogP contribution in [0.1, 0.15) is 20.3 Å². The molecular formula is C9H9F9O. The molecule has 0 saturated carbocycles. The van der Waals surface area contributed by atoms with Crippen molar-refractivity contribution < 1.29 is 44.3 Å². The predicted molar refractivity (Wildman–Crippen MR) is 44.2 cm³/mol. The van der Waals surface area contributed by atoms with Gasteiger partial charge in [0, 0.05) is 0 Å². The van der Waals surface area contributed by atoms with Crippen LogP contribution in [0.3, 0.4) is 0 Å². The van der Waals surface area contributed by atoms with E-state index < -0.39 is 42.1 Å². The fraction of sp³-hybridized carbons (Fsp3) is 1.00. The summed E-state index contributed by atoms with van der Waals surface area (Å²) in [5.74, 6) is 0. The summed E-state index contributed by atoms with van der Waals surface area (Å²) in [5.41, 5.74) is -9.33. The molecule has 1 fully saturated rings. The highest BCUT2D eigenvalue weighted by Gasteiger charge is 2.88. The van der Waals surface area contributed by atoms with Crippen LogP contribution in [-0.2, 0) is 4.74 Å². The number of hydrogen-bond acceptors (Lipinski definition) is 1. The lowest BCUT2D eigenvalue weighted by Crippen LogP contribution is -2.68. The van der Waals surface area contributed by atoms with E-state index in [0.717, 1.165) is 6.92 Å². The van der Waals surface area contributed by atoms with Crippen molar-refractivity contribution in [3.63, 3.8) is 0 Å². The normalized spacial score (nSPS) is 32.7. The molecule has 1 rings (SSSR count). The molecule has 19 heavy (non-hydrogen) atoms. The first-order valence-electron chi connectivity index (χ1n) is 4.98. The Morgan fingerprint density at radius 2 is 1.21 bits per heavy atom. The van der Waals surface area contributed by atoms with E-state index in [0.29, 0.717) is 0 Å². The zero-order chi connectivity index (χ0) is 15.5. The first kappa shape index (κ1) is 16.4. The third kappa shape index (κ3) is 1.98. The monoisotopic (exact) mass is 304 g/mol. The van der Waals surface area contributed by atoms with E-state index >= 15 is 0 Å². The summed E-state index contributed by atoms with van der Waals surface area (Å²) in [6.07, 6.45) is -21.4. The van der Waals surface area contributed by atoms with E-state index in [1.54, 1.807) is 0 Å². The second-order valence-corrected chi connectivity index (χ2v) is 4.64. The standard InChI is InChI=1S/C9H9F9O/c1-4-3-5(2,7(10,11)12)6(19-4,8(13,14)15)9(16,17)18/h4H,3H2,1-2H3. The van der Waals surface area contributed by atoms with Gasteiger partial charge in [0.25, 0.3) is 5.60 Å². The fourth-order valence-corrected chi connectivity index (χ4v) is 2.43. The SMILES string of the molecule is CC1CC(C)(C(F)(F)F)C(C(F)(F)F)(C(F)(F)F)O1. The number of hydrogen-bond donors (Lipinski definition) is 0. The van der Waals surface area contributed by atoms with Crippen LogP contribution in [0.4, 0.5) is 39.5 Å². The van der Waals surface area contributed by atoms with Crippen molar-refractivity contribution in [2.24, 2.45) is 5.41 Å². The van der Waals surface area contributed by atoms with Crippen molar-refractivity contribution in [1.82, 2.24) is 0 Å². The summed E-state index contributed by atoms with van der Waals surface area (Å²) >= 11 is 0. The van der Waals surface area contributed by atoms with E-state index in [2.05, 4.69) is 4.74 Å². The van der Waals surface area contributed by atoms with E-state index in [1.165, 1.54) is 0 Å². The van der Waals surface area contributed by atoms with E-state index in [4.69, 9.17) is 0 Å². The van der Waals surface area contributed by atoms with Crippen molar-refractivity contribution >= 4 is 0 Å². The van der Waals surface area contributed by atoms with Crippen LogP contribution in [0.15, 0.2) is 0 Å². The van der Waals surface area contributed by atoms with Crippen molar-refractivity contribution in [2.75, 3.05) is 0 Å². The van der Waals surface area contributed by atoms with E-state index in [-0.39, 0.29) is 6.92 Å². The van der Waals surface area contributed by atoms with Gasteiger partial charge >= 0.3 is 18.5 Å². The molecule has 0 amide bonds. The molecule has 0 aromatic carbocycles. The number of ether oxygens (including phenoxy) is 1. The van der Waals surface area contributed by atoms with Gasteiger partial charge in [-0.2, -0.15) is 39.5 Å². The second-order valence-electron chi connectivity index (χ2n) is 4.64. The molecule has 0 N–H and O–H groups in total. The lowest BCUT2D eigenvalue weighted by Gasteiger charge is -2.44. The molecule has 0 aliphatic carbocycles. The molecule has 1 aliphatic heterocycles. The summed E-state index contributed by atoms with van der Waals surface area (Å²) < 4.78 is 119. The molecule has 1 heterocycles. The van der Waals surface area contributed by atoms with Crippen LogP contribution < -0.4 is 0 Å². The Bertz CT molecular complexity index is 338. The van der Waals surface area contributed by atoms with Crippen molar-refractivity contribution in [2.45, 2.75) is 50.5 Å². The van der Waals surface area contributed by atoms with Gasteiger partial charge in [0.15, 0.2) is 0 Å². The maximum Gasteiger partial charge on any atom is 0.427 e. The van der Waals surface area contributed by atoms with Crippen LogP contribution in [0.5, 0.6) is 0 Å². The predicted octanol–water partition coefficient (Wildman–Crippen LogP) is 4.23. The number of alkyl halides is 9. The zero-order valence-electron chi connectivity index (χ0n) is 9.59. The lowest BCUT2D eigenvalue weighted by atomic mass is 9.70. The molecule has 0 aromatic heterocycles. The molecule has 1 aliphatic rings.